The Morgan fingerprint density at radius 1 is 1.00 bits per heavy atom. The SMILES string of the molecule is COc1ccc(NC(=O)c2ccc(N3C(=O)[C@H]4CC=C(C)C[C@H]4C3=O)cc2)c(OC)c1. The minimum atomic E-state index is -0.331. The van der Waals surface area contributed by atoms with Crippen molar-refractivity contribution in [1.29, 1.82) is 0 Å². The lowest BCUT2D eigenvalue weighted by molar-refractivity contribution is -0.122. The third-order valence-corrected chi connectivity index (χ3v) is 5.87. The lowest BCUT2D eigenvalue weighted by atomic mass is 9.82. The van der Waals surface area contributed by atoms with Gasteiger partial charge >= 0.3 is 0 Å². The average molecular weight is 420 g/mol. The summed E-state index contributed by atoms with van der Waals surface area (Å²) in [6.45, 7) is 1.99. The predicted octanol–water partition coefficient (Wildman–Crippen LogP) is 3.80. The number of allylic oxidation sites excluding steroid dienone is 2. The van der Waals surface area contributed by atoms with Gasteiger partial charge in [-0.15, -0.1) is 0 Å². The van der Waals surface area contributed by atoms with Crippen molar-refractivity contribution in [3.63, 3.8) is 0 Å². The monoisotopic (exact) mass is 420 g/mol. The lowest BCUT2D eigenvalue weighted by Crippen LogP contribution is -2.30. The molecule has 2 aromatic rings. The third kappa shape index (κ3) is 3.79. The van der Waals surface area contributed by atoms with Gasteiger partial charge in [-0.2, -0.15) is 0 Å². The highest BCUT2D eigenvalue weighted by Crippen LogP contribution is 2.39. The van der Waals surface area contributed by atoms with Gasteiger partial charge in [0.1, 0.15) is 11.5 Å². The van der Waals surface area contributed by atoms with Gasteiger partial charge in [-0.05, 0) is 56.2 Å². The molecule has 0 radical (unpaired) electrons. The zero-order valence-corrected chi connectivity index (χ0v) is 17.7. The number of anilines is 2. The predicted molar refractivity (Wildman–Crippen MR) is 116 cm³/mol. The lowest BCUT2D eigenvalue weighted by Gasteiger charge is -2.18. The summed E-state index contributed by atoms with van der Waals surface area (Å²) in [6, 6.07) is 11.6. The van der Waals surface area contributed by atoms with Crippen molar-refractivity contribution in [3.05, 3.63) is 59.7 Å². The molecule has 1 N–H and O–H groups in total. The first-order valence-electron chi connectivity index (χ1n) is 10.1. The van der Waals surface area contributed by atoms with Crippen molar-refractivity contribution in [1.82, 2.24) is 0 Å². The number of rotatable bonds is 5. The largest absolute Gasteiger partial charge is 0.497 e. The molecule has 2 aliphatic rings. The number of benzene rings is 2. The number of ether oxygens (including phenoxy) is 2. The summed E-state index contributed by atoms with van der Waals surface area (Å²) in [4.78, 5) is 39.6. The summed E-state index contributed by atoms with van der Waals surface area (Å²) in [7, 11) is 3.06. The van der Waals surface area contributed by atoms with E-state index in [1.54, 1.807) is 49.6 Å². The van der Waals surface area contributed by atoms with Crippen LogP contribution in [0.3, 0.4) is 0 Å². The maximum Gasteiger partial charge on any atom is 0.255 e. The number of carbonyl (C=O) groups is 3. The first kappa shape index (κ1) is 20.7. The van der Waals surface area contributed by atoms with E-state index in [4.69, 9.17) is 9.47 Å². The summed E-state index contributed by atoms with van der Waals surface area (Å²) < 4.78 is 10.5. The fraction of sp³-hybridized carbons (Fsp3) is 0.292. The number of hydrogen-bond acceptors (Lipinski definition) is 5. The third-order valence-electron chi connectivity index (χ3n) is 5.87. The Morgan fingerprint density at radius 3 is 2.39 bits per heavy atom. The van der Waals surface area contributed by atoms with E-state index < -0.39 is 0 Å². The van der Waals surface area contributed by atoms with Crippen LogP contribution < -0.4 is 19.7 Å². The molecule has 0 saturated carbocycles. The fourth-order valence-electron chi connectivity index (χ4n) is 4.15. The first-order valence-corrected chi connectivity index (χ1v) is 10.1. The molecule has 1 aliphatic heterocycles. The second-order valence-electron chi connectivity index (χ2n) is 7.78. The topological polar surface area (TPSA) is 84.9 Å². The molecule has 0 unspecified atom stereocenters. The van der Waals surface area contributed by atoms with Gasteiger partial charge in [-0.25, -0.2) is 0 Å². The second-order valence-corrected chi connectivity index (χ2v) is 7.78. The van der Waals surface area contributed by atoms with Crippen LogP contribution in [0.2, 0.25) is 0 Å². The molecular formula is C24H24N2O5. The number of fused-ring (bicyclic) bond motifs is 1. The quantitative estimate of drug-likeness (QED) is 0.587. The van der Waals surface area contributed by atoms with Crippen LogP contribution in [0.25, 0.3) is 0 Å². The molecule has 2 atom stereocenters. The van der Waals surface area contributed by atoms with Gasteiger partial charge in [0.15, 0.2) is 0 Å². The zero-order valence-electron chi connectivity index (χ0n) is 17.7. The molecule has 1 fully saturated rings. The minimum absolute atomic E-state index is 0.164. The summed E-state index contributed by atoms with van der Waals surface area (Å²) in [5.41, 5.74) is 2.54. The van der Waals surface area contributed by atoms with Crippen molar-refractivity contribution < 1.29 is 23.9 Å². The number of imide groups is 1. The van der Waals surface area contributed by atoms with Crippen molar-refractivity contribution in [2.24, 2.45) is 11.8 Å². The van der Waals surface area contributed by atoms with Gasteiger partial charge in [0.25, 0.3) is 5.91 Å². The molecule has 2 aromatic carbocycles. The highest BCUT2D eigenvalue weighted by atomic mass is 16.5. The van der Waals surface area contributed by atoms with Crippen molar-refractivity contribution >= 4 is 29.1 Å². The molecule has 3 amide bonds. The van der Waals surface area contributed by atoms with Gasteiger partial charge in [-0.3, -0.25) is 19.3 Å². The first-order chi connectivity index (χ1) is 14.9. The molecule has 0 bridgehead atoms. The van der Waals surface area contributed by atoms with E-state index in [0.717, 1.165) is 5.57 Å². The molecular weight excluding hydrogens is 396 g/mol. The number of methoxy groups -OCH3 is 2. The summed E-state index contributed by atoms with van der Waals surface area (Å²) >= 11 is 0. The second kappa shape index (κ2) is 8.26. The number of nitrogens with one attached hydrogen (secondary N) is 1. The molecule has 1 aliphatic carbocycles. The van der Waals surface area contributed by atoms with Gasteiger partial charge < -0.3 is 14.8 Å². The van der Waals surface area contributed by atoms with E-state index in [0.29, 0.717) is 41.3 Å². The van der Waals surface area contributed by atoms with Crippen LogP contribution in [0.15, 0.2) is 54.1 Å². The summed E-state index contributed by atoms with van der Waals surface area (Å²) in [5, 5.41) is 2.81. The van der Waals surface area contributed by atoms with Gasteiger partial charge in [-0.1, -0.05) is 11.6 Å². The van der Waals surface area contributed by atoms with Gasteiger partial charge in [0, 0.05) is 11.6 Å². The van der Waals surface area contributed by atoms with Crippen LogP contribution in [0.5, 0.6) is 11.5 Å². The zero-order chi connectivity index (χ0) is 22.1. The Balaban J connectivity index is 1.51. The highest BCUT2D eigenvalue weighted by Gasteiger charge is 2.48. The number of amides is 3. The molecule has 1 heterocycles. The molecule has 0 spiro atoms. The van der Waals surface area contributed by atoms with Crippen molar-refractivity contribution in [2.75, 3.05) is 24.4 Å². The standard InChI is InChI=1S/C24H24N2O5/c1-14-4-10-18-19(12-14)24(29)26(23(18)28)16-7-5-15(6-8-16)22(27)25-20-11-9-17(30-2)13-21(20)31-3/h4-9,11,13,18-19H,10,12H2,1-3H3,(H,25,27)/t18-,19+/m0/s1. The Kier molecular flexibility index (Phi) is 5.50. The molecule has 31 heavy (non-hydrogen) atoms. The van der Waals surface area contributed by atoms with Crippen LogP contribution in [-0.2, 0) is 9.59 Å². The summed E-state index contributed by atoms with van der Waals surface area (Å²) in [5.74, 6) is -0.150. The van der Waals surface area contributed by atoms with Crippen LogP contribution in [0.4, 0.5) is 11.4 Å². The van der Waals surface area contributed by atoms with Crippen molar-refractivity contribution in [2.45, 2.75) is 19.8 Å². The van der Waals surface area contributed by atoms with Gasteiger partial charge in [0.05, 0.1) is 37.4 Å². The normalized spacial score (nSPS) is 20.2. The van der Waals surface area contributed by atoms with E-state index in [2.05, 4.69) is 5.32 Å². The average Bonchev–Trinajstić information content (AvgIpc) is 3.03. The van der Waals surface area contributed by atoms with E-state index in [9.17, 15) is 14.4 Å². The van der Waals surface area contributed by atoms with Crippen LogP contribution in [0.1, 0.15) is 30.1 Å². The number of carbonyl (C=O) groups excluding carboxylic acids is 3. The van der Waals surface area contributed by atoms with Crippen LogP contribution >= 0.6 is 0 Å². The number of hydrogen-bond donors (Lipinski definition) is 1. The highest BCUT2D eigenvalue weighted by molar-refractivity contribution is 6.22. The van der Waals surface area contributed by atoms with E-state index in [-0.39, 0.29) is 29.6 Å². The molecule has 4 rings (SSSR count). The Hall–Kier alpha value is -3.61. The maximum atomic E-state index is 12.9. The van der Waals surface area contributed by atoms with Crippen molar-refractivity contribution in [3.8, 4) is 11.5 Å². The fourth-order valence-corrected chi connectivity index (χ4v) is 4.15. The molecule has 0 aromatic heterocycles. The van der Waals surface area contributed by atoms with Crippen LogP contribution in [-0.4, -0.2) is 31.9 Å². The molecule has 160 valence electrons. The smallest absolute Gasteiger partial charge is 0.255 e. The van der Waals surface area contributed by atoms with Crippen LogP contribution in [0, 0.1) is 11.8 Å². The number of nitrogens with zero attached hydrogens (tertiary/aromatic N) is 1. The molecule has 1 saturated heterocycles. The van der Waals surface area contributed by atoms with Gasteiger partial charge in [0.2, 0.25) is 11.8 Å². The minimum Gasteiger partial charge on any atom is -0.497 e. The van der Waals surface area contributed by atoms with E-state index in [1.807, 2.05) is 13.0 Å². The Morgan fingerprint density at radius 2 is 1.71 bits per heavy atom. The molecule has 7 nitrogen and oxygen atoms in total. The Labute approximate surface area is 180 Å². The maximum absolute atomic E-state index is 12.9. The Bertz CT molecular complexity index is 1070. The summed E-state index contributed by atoms with van der Waals surface area (Å²) in [6.07, 6.45) is 3.26. The van der Waals surface area contributed by atoms with E-state index >= 15 is 0 Å². The van der Waals surface area contributed by atoms with E-state index in [1.165, 1.54) is 12.0 Å². The molecule has 7 heteroatoms.